The molecule has 1 atom stereocenters. The molecule has 1 aliphatic rings. The summed E-state index contributed by atoms with van der Waals surface area (Å²) >= 11 is 12.3. The number of hydrogen-bond donors (Lipinski definition) is 1. The second-order valence-corrected chi connectivity index (χ2v) is 7.02. The van der Waals surface area contributed by atoms with Crippen molar-refractivity contribution >= 4 is 35.0 Å². The monoisotopic (exact) mass is 455 g/mol. The Morgan fingerprint density at radius 3 is 2.67 bits per heavy atom. The Hall–Kier alpha value is -2.55. The predicted molar refractivity (Wildman–Crippen MR) is 109 cm³/mol. The highest BCUT2D eigenvalue weighted by atomic mass is 35.5. The third-order valence-corrected chi connectivity index (χ3v) is 4.83. The van der Waals surface area contributed by atoms with Crippen LogP contribution < -0.4 is 5.32 Å². The summed E-state index contributed by atoms with van der Waals surface area (Å²) in [5.74, 6) is -2.42. The fourth-order valence-corrected chi connectivity index (χ4v) is 3.43. The van der Waals surface area contributed by atoms with E-state index in [0.717, 1.165) is 6.20 Å². The van der Waals surface area contributed by atoms with Gasteiger partial charge in [0, 0.05) is 28.3 Å². The molecule has 0 amide bonds. The molecule has 0 fully saturated rings. The quantitative estimate of drug-likeness (QED) is 0.660. The number of aromatic nitrogens is 1. The highest BCUT2D eigenvalue weighted by molar-refractivity contribution is 6.35. The van der Waals surface area contributed by atoms with Gasteiger partial charge in [-0.3, -0.25) is 4.99 Å². The van der Waals surface area contributed by atoms with E-state index in [1.165, 1.54) is 13.2 Å². The first kappa shape index (κ1) is 22.1. The molecule has 2 heterocycles. The molecule has 1 N–H and O–H groups in total. The van der Waals surface area contributed by atoms with E-state index in [1.807, 2.05) is 0 Å². The number of aliphatic imine (C=N–C) groups is 1. The van der Waals surface area contributed by atoms with Gasteiger partial charge in [0.05, 0.1) is 31.2 Å². The lowest BCUT2D eigenvalue weighted by Gasteiger charge is -2.27. The Labute approximate surface area is 181 Å². The van der Waals surface area contributed by atoms with Crippen LogP contribution in [0.2, 0.25) is 10.0 Å². The summed E-state index contributed by atoms with van der Waals surface area (Å²) in [6, 6.07) is 4.44. The number of amidine groups is 1. The SMILES string of the molecule is CCOCC1=C(C(=O)OC)C(c2ccc(Cl)cc2Cl)N=C(c2ncc(F)cc2F)N1. The highest BCUT2D eigenvalue weighted by Gasteiger charge is 2.34. The first-order valence-electron chi connectivity index (χ1n) is 8.86. The van der Waals surface area contributed by atoms with Crippen LogP contribution >= 0.6 is 23.2 Å². The summed E-state index contributed by atoms with van der Waals surface area (Å²) in [4.78, 5) is 20.8. The first-order chi connectivity index (χ1) is 14.3. The molecule has 1 aromatic heterocycles. The van der Waals surface area contributed by atoms with Gasteiger partial charge in [-0.25, -0.2) is 18.6 Å². The van der Waals surface area contributed by atoms with Gasteiger partial charge in [-0.2, -0.15) is 0 Å². The number of nitrogens with zero attached hydrogens (tertiary/aromatic N) is 2. The number of pyridine rings is 1. The molecule has 30 heavy (non-hydrogen) atoms. The van der Waals surface area contributed by atoms with Crippen molar-refractivity contribution in [2.45, 2.75) is 13.0 Å². The van der Waals surface area contributed by atoms with Crippen molar-refractivity contribution in [3.8, 4) is 0 Å². The Bertz CT molecular complexity index is 1040. The van der Waals surface area contributed by atoms with Crippen LogP contribution in [-0.2, 0) is 14.3 Å². The average Bonchev–Trinajstić information content (AvgIpc) is 2.71. The summed E-state index contributed by atoms with van der Waals surface area (Å²) in [6.07, 6.45) is 0.870. The summed E-state index contributed by atoms with van der Waals surface area (Å²) in [7, 11) is 1.23. The van der Waals surface area contributed by atoms with Crippen LogP contribution in [0.25, 0.3) is 0 Å². The van der Waals surface area contributed by atoms with Crippen molar-refractivity contribution in [2.75, 3.05) is 20.3 Å². The van der Waals surface area contributed by atoms with E-state index >= 15 is 0 Å². The topological polar surface area (TPSA) is 72.8 Å². The minimum Gasteiger partial charge on any atom is -0.466 e. The van der Waals surface area contributed by atoms with Gasteiger partial charge in [0.2, 0.25) is 0 Å². The molecule has 2 aromatic rings. The minimum absolute atomic E-state index is 0.00845. The lowest BCUT2D eigenvalue weighted by atomic mass is 9.95. The number of methoxy groups -OCH3 is 1. The Kier molecular flexibility index (Phi) is 7.02. The normalized spacial score (nSPS) is 16.2. The number of carbonyl (C=O) groups excluding carboxylic acids is 1. The van der Waals surface area contributed by atoms with Crippen molar-refractivity contribution in [1.82, 2.24) is 10.3 Å². The zero-order valence-corrected chi connectivity index (χ0v) is 17.5. The summed E-state index contributed by atoms with van der Waals surface area (Å²) in [5.41, 5.74) is 0.665. The molecule has 1 aromatic carbocycles. The van der Waals surface area contributed by atoms with Crippen LogP contribution in [0, 0.1) is 11.6 Å². The van der Waals surface area contributed by atoms with Gasteiger partial charge in [0.1, 0.15) is 17.6 Å². The zero-order valence-electron chi connectivity index (χ0n) is 16.0. The molecule has 3 rings (SSSR count). The molecule has 0 saturated carbocycles. The number of carbonyl (C=O) groups is 1. The fourth-order valence-electron chi connectivity index (χ4n) is 2.92. The Balaban J connectivity index is 2.20. The van der Waals surface area contributed by atoms with Gasteiger partial charge in [-0.15, -0.1) is 0 Å². The number of rotatable bonds is 6. The maximum Gasteiger partial charge on any atom is 0.338 e. The maximum absolute atomic E-state index is 14.4. The number of esters is 1. The molecular weight excluding hydrogens is 439 g/mol. The fraction of sp³-hybridized carbons (Fsp3) is 0.250. The molecule has 6 nitrogen and oxygen atoms in total. The van der Waals surface area contributed by atoms with Crippen molar-refractivity contribution in [3.05, 3.63) is 74.7 Å². The summed E-state index contributed by atoms with van der Waals surface area (Å²) in [6.45, 7) is 2.14. The van der Waals surface area contributed by atoms with Gasteiger partial charge < -0.3 is 14.8 Å². The molecule has 1 aliphatic heterocycles. The third kappa shape index (κ3) is 4.61. The molecular formula is C20H17Cl2F2N3O3. The van der Waals surface area contributed by atoms with Gasteiger partial charge >= 0.3 is 5.97 Å². The molecule has 0 saturated heterocycles. The number of hydrogen-bond acceptors (Lipinski definition) is 6. The lowest BCUT2D eigenvalue weighted by molar-refractivity contribution is -0.136. The molecule has 0 aliphatic carbocycles. The van der Waals surface area contributed by atoms with E-state index < -0.39 is 23.6 Å². The second kappa shape index (κ2) is 9.51. The summed E-state index contributed by atoms with van der Waals surface area (Å²) < 4.78 is 38.1. The van der Waals surface area contributed by atoms with Crippen LogP contribution in [-0.4, -0.2) is 37.1 Å². The van der Waals surface area contributed by atoms with E-state index in [0.29, 0.717) is 29.0 Å². The van der Waals surface area contributed by atoms with Crippen molar-refractivity contribution in [3.63, 3.8) is 0 Å². The number of benzene rings is 1. The standard InChI is InChI=1S/C20H17Cl2F2N3O3/c1-3-30-9-15-16(20(28)29-2)17(12-5-4-10(21)6-13(12)22)27-19(26-15)18-14(24)7-11(23)8-25-18/h4-8,17H,3,9H2,1-2H3,(H,26,27). The van der Waals surface area contributed by atoms with Gasteiger partial charge in [-0.05, 0) is 19.1 Å². The molecule has 0 spiro atoms. The van der Waals surface area contributed by atoms with E-state index in [2.05, 4.69) is 15.3 Å². The van der Waals surface area contributed by atoms with Gasteiger partial charge in [0.15, 0.2) is 11.7 Å². The number of halogens is 4. The first-order valence-corrected chi connectivity index (χ1v) is 9.61. The van der Waals surface area contributed by atoms with Gasteiger partial charge in [-0.1, -0.05) is 29.3 Å². The van der Waals surface area contributed by atoms with Crippen LogP contribution in [0.1, 0.15) is 24.2 Å². The van der Waals surface area contributed by atoms with Crippen LogP contribution in [0.4, 0.5) is 8.78 Å². The number of ether oxygens (including phenoxy) is 2. The molecule has 0 radical (unpaired) electrons. The Morgan fingerprint density at radius 1 is 1.27 bits per heavy atom. The third-order valence-electron chi connectivity index (χ3n) is 4.27. The van der Waals surface area contributed by atoms with Crippen LogP contribution in [0.5, 0.6) is 0 Å². The highest BCUT2D eigenvalue weighted by Crippen LogP contribution is 2.37. The largest absolute Gasteiger partial charge is 0.466 e. The smallest absolute Gasteiger partial charge is 0.338 e. The zero-order chi connectivity index (χ0) is 21.8. The predicted octanol–water partition coefficient (Wildman–Crippen LogP) is 4.22. The average molecular weight is 456 g/mol. The minimum atomic E-state index is -0.958. The van der Waals surface area contributed by atoms with Crippen molar-refractivity contribution < 1.29 is 23.0 Å². The Morgan fingerprint density at radius 2 is 2.03 bits per heavy atom. The summed E-state index contributed by atoms with van der Waals surface area (Å²) in [5, 5.41) is 3.52. The number of nitrogens with one attached hydrogen (secondary N) is 1. The van der Waals surface area contributed by atoms with E-state index in [-0.39, 0.29) is 28.7 Å². The lowest BCUT2D eigenvalue weighted by Crippen LogP contribution is -2.36. The molecule has 10 heteroatoms. The van der Waals surface area contributed by atoms with Crippen molar-refractivity contribution in [1.29, 1.82) is 0 Å². The molecule has 1 unspecified atom stereocenters. The molecule has 158 valence electrons. The van der Waals surface area contributed by atoms with Crippen LogP contribution in [0.3, 0.4) is 0 Å². The van der Waals surface area contributed by atoms with E-state index in [4.69, 9.17) is 32.7 Å². The molecule has 0 bridgehead atoms. The second-order valence-electron chi connectivity index (χ2n) is 6.18. The van der Waals surface area contributed by atoms with E-state index in [9.17, 15) is 13.6 Å². The maximum atomic E-state index is 14.4. The van der Waals surface area contributed by atoms with E-state index in [1.54, 1.807) is 19.1 Å². The van der Waals surface area contributed by atoms with Gasteiger partial charge in [0.25, 0.3) is 0 Å². The van der Waals surface area contributed by atoms with Crippen molar-refractivity contribution in [2.24, 2.45) is 4.99 Å². The van der Waals surface area contributed by atoms with Crippen LogP contribution in [0.15, 0.2) is 46.7 Å².